The van der Waals surface area contributed by atoms with E-state index in [4.69, 9.17) is 9.72 Å². The van der Waals surface area contributed by atoms with Crippen molar-refractivity contribution in [3.05, 3.63) is 83.4 Å². The number of aromatic nitrogens is 3. The van der Waals surface area contributed by atoms with Crippen molar-refractivity contribution in [1.82, 2.24) is 19.7 Å². The molecule has 1 aliphatic rings. The van der Waals surface area contributed by atoms with E-state index in [9.17, 15) is 4.79 Å². The molecule has 3 heterocycles. The molecule has 1 aromatic carbocycles. The summed E-state index contributed by atoms with van der Waals surface area (Å²) in [6.45, 7) is 1.57. The van der Waals surface area contributed by atoms with Gasteiger partial charge < -0.3 is 9.64 Å². The summed E-state index contributed by atoms with van der Waals surface area (Å²) in [5, 5.41) is 4.09. The molecule has 6 heteroatoms. The largest absolute Gasteiger partial charge is 0.368 e. The molecule has 4 rings (SSSR count). The van der Waals surface area contributed by atoms with Gasteiger partial charge in [0.1, 0.15) is 6.10 Å². The van der Waals surface area contributed by atoms with Crippen LogP contribution in [0.5, 0.6) is 0 Å². The highest BCUT2D eigenvalue weighted by molar-refractivity contribution is 5.93. The van der Waals surface area contributed by atoms with Crippen molar-refractivity contribution < 1.29 is 9.53 Å². The Hall–Kier alpha value is -2.99. The van der Waals surface area contributed by atoms with Crippen LogP contribution in [-0.2, 0) is 18.2 Å². The minimum atomic E-state index is -0.213. The van der Waals surface area contributed by atoms with E-state index in [-0.39, 0.29) is 12.0 Å². The van der Waals surface area contributed by atoms with Gasteiger partial charge in [-0.1, -0.05) is 36.4 Å². The number of ether oxygens (including phenoxy) is 1. The molecular formula is C21H22N4O2. The van der Waals surface area contributed by atoms with Gasteiger partial charge in [0.25, 0.3) is 5.91 Å². The molecule has 1 fully saturated rings. The Morgan fingerprint density at radius 3 is 2.81 bits per heavy atom. The quantitative estimate of drug-likeness (QED) is 0.716. The van der Waals surface area contributed by atoms with Crippen molar-refractivity contribution in [2.45, 2.75) is 12.5 Å². The molecule has 2 aromatic heterocycles. The van der Waals surface area contributed by atoms with Gasteiger partial charge in [-0.3, -0.25) is 14.5 Å². The van der Waals surface area contributed by atoms with E-state index in [1.165, 1.54) is 5.56 Å². The first-order chi connectivity index (χ1) is 13.2. The molecule has 0 spiro atoms. The van der Waals surface area contributed by atoms with Gasteiger partial charge in [-0.2, -0.15) is 5.10 Å². The molecule has 0 N–H and O–H groups in total. The van der Waals surface area contributed by atoms with E-state index in [2.05, 4.69) is 17.2 Å². The molecule has 0 aliphatic carbocycles. The molecule has 0 unspecified atom stereocenters. The standard InChI is InChI=1S/C21H22N4O2/c1-24-14-17(13-22-24)21(26)25-10-11-27-20(15-25)19-9-5-8-18(23-19)12-16-6-3-2-4-7-16/h2-9,13-14,20H,10-12,15H2,1H3/t20-/m1/s1. The van der Waals surface area contributed by atoms with Crippen molar-refractivity contribution >= 4 is 5.91 Å². The minimum Gasteiger partial charge on any atom is -0.368 e. The summed E-state index contributed by atoms with van der Waals surface area (Å²) in [7, 11) is 1.81. The lowest BCUT2D eigenvalue weighted by Crippen LogP contribution is -2.42. The topological polar surface area (TPSA) is 60.2 Å². The van der Waals surface area contributed by atoms with Crippen LogP contribution in [-0.4, -0.2) is 45.3 Å². The van der Waals surface area contributed by atoms with Gasteiger partial charge in [0.05, 0.1) is 30.6 Å². The van der Waals surface area contributed by atoms with Gasteiger partial charge in [0.15, 0.2) is 0 Å². The summed E-state index contributed by atoms with van der Waals surface area (Å²) in [5.74, 6) is -0.0168. The number of nitrogens with zero attached hydrogens (tertiary/aromatic N) is 4. The van der Waals surface area contributed by atoms with Gasteiger partial charge in [0, 0.05) is 31.9 Å². The fourth-order valence-electron chi connectivity index (χ4n) is 3.31. The minimum absolute atomic E-state index is 0.0168. The van der Waals surface area contributed by atoms with Gasteiger partial charge in [-0.05, 0) is 17.7 Å². The van der Waals surface area contributed by atoms with Gasteiger partial charge in [0.2, 0.25) is 0 Å². The summed E-state index contributed by atoms with van der Waals surface area (Å²) in [6, 6.07) is 16.3. The first-order valence-electron chi connectivity index (χ1n) is 9.08. The lowest BCUT2D eigenvalue weighted by atomic mass is 10.1. The predicted molar refractivity (Wildman–Crippen MR) is 101 cm³/mol. The van der Waals surface area contributed by atoms with Crippen LogP contribution >= 0.6 is 0 Å². The van der Waals surface area contributed by atoms with E-state index in [1.807, 2.05) is 41.3 Å². The number of amides is 1. The van der Waals surface area contributed by atoms with Crippen LogP contribution in [0.15, 0.2) is 60.9 Å². The van der Waals surface area contributed by atoms with Gasteiger partial charge >= 0.3 is 0 Å². The third-order valence-corrected chi connectivity index (χ3v) is 4.69. The first-order valence-corrected chi connectivity index (χ1v) is 9.08. The number of aryl methyl sites for hydroxylation is 1. The number of morpholine rings is 1. The number of pyridine rings is 1. The Kier molecular flexibility index (Phi) is 4.98. The SMILES string of the molecule is Cn1cc(C(=O)N2CCO[C@@H](c3cccc(Cc4ccccc4)n3)C2)cn1. The van der Waals surface area contributed by atoms with Gasteiger partial charge in [-0.25, -0.2) is 0 Å². The molecule has 1 amide bonds. The lowest BCUT2D eigenvalue weighted by Gasteiger charge is -2.32. The molecule has 1 aliphatic heterocycles. The van der Waals surface area contributed by atoms with Crippen molar-refractivity contribution in [1.29, 1.82) is 0 Å². The van der Waals surface area contributed by atoms with Crippen molar-refractivity contribution in [3.63, 3.8) is 0 Å². The molecule has 0 bridgehead atoms. The average Bonchev–Trinajstić information content (AvgIpc) is 3.15. The highest BCUT2D eigenvalue weighted by Crippen LogP contribution is 2.22. The number of rotatable bonds is 4. The van der Waals surface area contributed by atoms with Crippen LogP contribution in [0.4, 0.5) is 0 Å². The van der Waals surface area contributed by atoms with Gasteiger partial charge in [-0.15, -0.1) is 0 Å². The van der Waals surface area contributed by atoms with Crippen LogP contribution in [0.2, 0.25) is 0 Å². The zero-order valence-corrected chi connectivity index (χ0v) is 15.3. The highest BCUT2D eigenvalue weighted by atomic mass is 16.5. The summed E-state index contributed by atoms with van der Waals surface area (Å²) in [4.78, 5) is 19.3. The number of carbonyl (C=O) groups excluding carboxylic acids is 1. The van der Waals surface area contributed by atoms with Crippen LogP contribution in [0.3, 0.4) is 0 Å². The summed E-state index contributed by atoms with van der Waals surface area (Å²) >= 11 is 0. The number of hydrogen-bond acceptors (Lipinski definition) is 4. The summed E-state index contributed by atoms with van der Waals surface area (Å²) < 4.78 is 7.55. The first kappa shape index (κ1) is 17.4. The van der Waals surface area contributed by atoms with E-state index < -0.39 is 0 Å². The van der Waals surface area contributed by atoms with Crippen molar-refractivity contribution in [2.75, 3.05) is 19.7 Å². The smallest absolute Gasteiger partial charge is 0.257 e. The maximum absolute atomic E-state index is 12.7. The highest BCUT2D eigenvalue weighted by Gasteiger charge is 2.27. The van der Waals surface area contributed by atoms with E-state index in [1.54, 1.807) is 24.1 Å². The molecule has 138 valence electrons. The Morgan fingerprint density at radius 1 is 1.19 bits per heavy atom. The molecule has 1 saturated heterocycles. The zero-order valence-electron chi connectivity index (χ0n) is 15.3. The third kappa shape index (κ3) is 4.06. The maximum atomic E-state index is 12.7. The number of hydrogen-bond donors (Lipinski definition) is 0. The van der Waals surface area contributed by atoms with Crippen LogP contribution in [0.1, 0.15) is 33.4 Å². The number of benzene rings is 1. The van der Waals surface area contributed by atoms with Crippen LogP contribution in [0.25, 0.3) is 0 Å². The Labute approximate surface area is 158 Å². The monoisotopic (exact) mass is 362 g/mol. The van der Waals surface area contributed by atoms with E-state index in [0.717, 1.165) is 17.8 Å². The molecule has 27 heavy (non-hydrogen) atoms. The van der Waals surface area contributed by atoms with E-state index >= 15 is 0 Å². The molecule has 0 saturated carbocycles. The second-order valence-electron chi connectivity index (χ2n) is 6.73. The predicted octanol–water partition coefficient (Wildman–Crippen LogP) is 2.62. The fourth-order valence-corrected chi connectivity index (χ4v) is 3.31. The molecular weight excluding hydrogens is 340 g/mol. The third-order valence-electron chi connectivity index (χ3n) is 4.69. The zero-order chi connectivity index (χ0) is 18.6. The summed E-state index contributed by atoms with van der Waals surface area (Å²) in [5.41, 5.74) is 3.69. The second-order valence-corrected chi connectivity index (χ2v) is 6.73. The normalized spacial score (nSPS) is 17.1. The molecule has 0 radical (unpaired) electrons. The number of carbonyl (C=O) groups is 1. The maximum Gasteiger partial charge on any atom is 0.257 e. The van der Waals surface area contributed by atoms with E-state index in [0.29, 0.717) is 25.3 Å². The van der Waals surface area contributed by atoms with Crippen molar-refractivity contribution in [2.24, 2.45) is 7.05 Å². The summed E-state index contributed by atoms with van der Waals surface area (Å²) in [6.07, 6.45) is 3.91. The fraction of sp³-hybridized carbons (Fsp3) is 0.286. The Bertz CT molecular complexity index is 923. The van der Waals surface area contributed by atoms with Crippen molar-refractivity contribution in [3.8, 4) is 0 Å². The Morgan fingerprint density at radius 2 is 2.04 bits per heavy atom. The molecule has 1 atom stereocenters. The Balaban J connectivity index is 1.48. The van der Waals surface area contributed by atoms with Crippen LogP contribution in [0, 0.1) is 0 Å². The second kappa shape index (κ2) is 7.72. The van der Waals surface area contributed by atoms with Crippen LogP contribution < -0.4 is 0 Å². The average molecular weight is 362 g/mol. The molecule has 3 aromatic rings. The lowest BCUT2D eigenvalue weighted by molar-refractivity contribution is -0.0248. The molecule has 6 nitrogen and oxygen atoms in total.